The number of nitriles is 2. The van der Waals surface area contributed by atoms with Gasteiger partial charge in [-0.2, -0.15) is 10.5 Å². The maximum Gasteiger partial charge on any atom is 0.150 e. The van der Waals surface area contributed by atoms with E-state index in [-0.39, 0.29) is 21.9 Å². The minimum Gasteiger partial charge on any atom is -0.454 e. The number of hydrogen-bond acceptors (Lipinski definition) is 5. The normalized spacial score (nSPS) is 9.55. The van der Waals surface area contributed by atoms with Gasteiger partial charge in [0.05, 0.1) is 21.8 Å². The predicted molar refractivity (Wildman–Crippen MR) is 76.2 cm³/mol. The maximum atomic E-state index is 8.98. The summed E-state index contributed by atoms with van der Waals surface area (Å²) >= 11 is 6.02. The Labute approximate surface area is 120 Å². The molecule has 20 heavy (non-hydrogen) atoms. The molecule has 2 aromatic carbocycles. The van der Waals surface area contributed by atoms with Crippen molar-refractivity contribution in [3.8, 4) is 23.6 Å². The van der Waals surface area contributed by atoms with Gasteiger partial charge in [0.15, 0.2) is 5.75 Å². The minimum atomic E-state index is 0.181. The van der Waals surface area contributed by atoms with E-state index < -0.39 is 0 Å². The first-order chi connectivity index (χ1) is 9.55. The number of ether oxygens (including phenoxy) is 1. The van der Waals surface area contributed by atoms with E-state index in [1.807, 2.05) is 12.1 Å². The molecule has 4 N–H and O–H groups in total. The molecular formula is C14H9ClN4O. The van der Waals surface area contributed by atoms with Crippen molar-refractivity contribution in [1.29, 1.82) is 10.5 Å². The van der Waals surface area contributed by atoms with E-state index in [1.54, 1.807) is 18.2 Å². The molecule has 0 atom stereocenters. The van der Waals surface area contributed by atoms with E-state index in [0.29, 0.717) is 17.1 Å². The fourth-order valence-corrected chi connectivity index (χ4v) is 1.80. The Kier molecular flexibility index (Phi) is 3.65. The van der Waals surface area contributed by atoms with Crippen molar-refractivity contribution in [3.63, 3.8) is 0 Å². The molecule has 6 heteroatoms. The zero-order chi connectivity index (χ0) is 14.7. The van der Waals surface area contributed by atoms with E-state index in [4.69, 9.17) is 38.3 Å². The van der Waals surface area contributed by atoms with Gasteiger partial charge in [-0.25, -0.2) is 0 Å². The number of nitrogens with zero attached hydrogens (tertiary/aromatic N) is 2. The lowest BCUT2D eigenvalue weighted by atomic mass is 10.1. The molecule has 0 aliphatic rings. The monoisotopic (exact) mass is 284 g/mol. The van der Waals surface area contributed by atoms with Crippen LogP contribution in [0.3, 0.4) is 0 Å². The third kappa shape index (κ3) is 2.59. The molecule has 98 valence electrons. The Balaban J connectivity index is 2.44. The summed E-state index contributed by atoms with van der Waals surface area (Å²) in [6.45, 7) is 0. The Bertz CT molecular complexity index is 759. The fraction of sp³-hybridized carbons (Fsp3) is 0. The van der Waals surface area contributed by atoms with Crippen LogP contribution in [0.2, 0.25) is 5.02 Å². The summed E-state index contributed by atoms with van der Waals surface area (Å²) in [6, 6.07) is 11.4. The minimum absolute atomic E-state index is 0.181. The molecule has 0 saturated carbocycles. The Morgan fingerprint density at radius 2 is 1.60 bits per heavy atom. The Morgan fingerprint density at radius 3 is 2.20 bits per heavy atom. The standard InChI is InChI=1S/C14H9ClN4O/c15-11-3-8(6-16)9(7-17)4-14(11)20-13-2-1-10(18)5-12(13)19/h1-5H,18-19H2. The van der Waals surface area contributed by atoms with Crippen LogP contribution in [-0.4, -0.2) is 0 Å². The van der Waals surface area contributed by atoms with Crippen molar-refractivity contribution < 1.29 is 4.74 Å². The molecule has 0 aliphatic carbocycles. The number of nitrogen functional groups attached to an aromatic ring is 2. The van der Waals surface area contributed by atoms with Crippen LogP contribution < -0.4 is 16.2 Å². The maximum absolute atomic E-state index is 8.98. The van der Waals surface area contributed by atoms with E-state index in [2.05, 4.69) is 0 Å². The lowest BCUT2D eigenvalue weighted by Crippen LogP contribution is -1.95. The average Bonchev–Trinajstić information content (AvgIpc) is 2.43. The molecule has 2 rings (SSSR count). The molecular weight excluding hydrogens is 276 g/mol. The van der Waals surface area contributed by atoms with Crippen LogP contribution in [0.15, 0.2) is 30.3 Å². The summed E-state index contributed by atoms with van der Waals surface area (Å²) in [6.07, 6.45) is 0. The Morgan fingerprint density at radius 1 is 0.950 bits per heavy atom. The lowest BCUT2D eigenvalue weighted by Gasteiger charge is -2.11. The molecule has 0 fully saturated rings. The number of anilines is 2. The first-order valence-corrected chi connectivity index (χ1v) is 5.89. The zero-order valence-electron chi connectivity index (χ0n) is 10.2. The van der Waals surface area contributed by atoms with Crippen LogP contribution in [0.25, 0.3) is 0 Å². The third-order valence-corrected chi connectivity index (χ3v) is 2.86. The molecule has 0 bridgehead atoms. The van der Waals surface area contributed by atoms with Gasteiger partial charge in [-0.05, 0) is 24.3 Å². The molecule has 2 aromatic rings. The summed E-state index contributed by atoms with van der Waals surface area (Å²) in [4.78, 5) is 0. The summed E-state index contributed by atoms with van der Waals surface area (Å²) < 4.78 is 5.56. The number of halogens is 1. The third-order valence-electron chi connectivity index (χ3n) is 2.57. The summed E-state index contributed by atoms with van der Waals surface area (Å²) in [5.74, 6) is 0.619. The molecule has 0 spiro atoms. The highest BCUT2D eigenvalue weighted by Gasteiger charge is 2.11. The van der Waals surface area contributed by atoms with E-state index in [9.17, 15) is 0 Å². The average molecular weight is 285 g/mol. The second-order valence-corrected chi connectivity index (χ2v) is 4.36. The van der Waals surface area contributed by atoms with Gasteiger partial charge in [0.1, 0.15) is 17.9 Å². The number of nitrogens with two attached hydrogens (primary N) is 2. The van der Waals surface area contributed by atoms with Crippen LogP contribution >= 0.6 is 11.6 Å². The molecule has 0 saturated heterocycles. The SMILES string of the molecule is N#Cc1cc(Cl)c(Oc2ccc(N)cc2N)cc1C#N. The second-order valence-electron chi connectivity index (χ2n) is 3.95. The van der Waals surface area contributed by atoms with E-state index >= 15 is 0 Å². The number of benzene rings is 2. The second kappa shape index (κ2) is 5.40. The van der Waals surface area contributed by atoms with Gasteiger partial charge in [0.2, 0.25) is 0 Å². The van der Waals surface area contributed by atoms with Gasteiger partial charge < -0.3 is 16.2 Å². The highest BCUT2D eigenvalue weighted by molar-refractivity contribution is 6.32. The van der Waals surface area contributed by atoms with Gasteiger partial charge in [-0.15, -0.1) is 0 Å². The molecule has 0 aliphatic heterocycles. The van der Waals surface area contributed by atoms with Gasteiger partial charge in [-0.3, -0.25) is 0 Å². The summed E-state index contributed by atoms with van der Waals surface area (Å²) in [5.41, 5.74) is 12.6. The first-order valence-electron chi connectivity index (χ1n) is 5.51. The molecule has 0 radical (unpaired) electrons. The molecule has 5 nitrogen and oxygen atoms in total. The quantitative estimate of drug-likeness (QED) is 0.824. The number of hydrogen-bond donors (Lipinski definition) is 2. The van der Waals surface area contributed by atoms with Gasteiger partial charge >= 0.3 is 0 Å². The van der Waals surface area contributed by atoms with Crippen molar-refractivity contribution >= 4 is 23.0 Å². The number of rotatable bonds is 2. The molecule has 0 heterocycles. The van der Waals surface area contributed by atoms with Crippen molar-refractivity contribution in [2.75, 3.05) is 11.5 Å². The Hall–Kier alpha value is -2.89. The first kappa shape index (κ1) is 13.5. The summed E-state index contributed by atoms with van der Waals surface area (Å²) in [7, 11) is 0. The van der Waals surface area contributed by atoms with Crippen LogP contribution in [0.1, 0.15) is 11.1 Å². The topological polar surface area (TPSA) is 109 Å². The van der Waals surface area contributed by atoms with Gasteiger partial charge in [0, 0.05) is 11.8 Å². The smallest absolute Gasteiger partial charge is 0.150 e. The van der Waals surface area contributed by atoms with E-state index in [0.717, 1.165) is 0 Å². The zero-order valence-corrected chi connectivity index (χ0v) is 11.0. The molecule has 0 amide bonds. The van der Waals surface area contributed by atoms with Crippen LogP contribution in [0.4, 0.5) is 11.4 Å². The van der Waals surface area contributed by atoms with Crippen molar-refractivity contribution in [2.24, 2.45) is 0 Å². The largest absolute Gasteiger partial charge is 0.454 e. The highest BCUT2D eigenvalue weighted by atomic mass is 35.5. The lowest BCUT2D eigenvalue weighted by molar-refractivity contribution is 0.485. The highest BCUT2D eigenvalue weighted by Crippen LogP contribution is 2.35. The van der Waals surface area contributed by atoms with Gasteiger partial charge in [0.25, 0.3) is 0 Å². The van der Waals surface area contributed by atoms with Crippen LogP contribution in [-0.2, 0) is 0 Å². The summed E-state index contributed by atoms with van der Waals surface area (Å²) in [5, 5.41) is 18.1. The predicted octanol–water partition coefficient (Wildman–Crippen LogP) is 3.04. The van der Waals surface area contributed by atoms with E-state index in [1.165, 1.54) is 12.1 Å². The molecule has 0 aromatic heterocycles. The van der Waals surface area contributed by atoms with Crippen molar-refractivity contribution in [1.82, 2.24) is 0 Å². The van der Waals surface area contributed by atoms with Crippen LogP contribution in [0, 0.1) is 22.7 Å². The molecule has 0 unspecified atom stereocenters. The van der Waals surface area contributed by atoms with Crippen LogP contribution in [0.5, 0.6) is 11.5 Å². The fourth-order valence-electron chi connectivity index (χ4n) is 1.59. The van der Waals surface area contributed by atoms with Crippen molar-refractivity contribution in [2.45, 2.75) is 0 Å². The van der Waals surface area contributed by atoms with Gasteiger partial charge in [-0.1, -0.05) is 11.6 Å². The van der Waals surface area contributed by atoms with Crippen molar-refractivity contribution in [3.05, 3.63) is 46.5 Å².